The van der Waals surface area contributed by atoms with Gasteiger partial charge in [-0.15, -0.1) is 35.4 Å². The van der Waals surface area contributed by atoms with E-state index in [0.29, 0.717) is 0 Å². The minimum Gasteiger partial charge on any atom is -0.512 e. The predicted molar refractivity (Wildman–Crippen MR) is 123 cm³/mol. The van der Waals surface area contributed by atoms with Crippen molar-refractivity contribution in [1.82, 2.24) is 4.98 Å². The molecule has 0 atom stereocenters. The Kier molecular flexibility index (Phi) is 9.01. The molecule has 5 heteroatoms. The van der Waals surface area contributed by atoms with Gasteiger partial charge in [0.2, 0.25) is 0 Å². The molecule has 0 aliphatic heterocycles. The van der Waals surface area contributed by atoms with E-state index in [0.717, 1.165) is 33.3 Å². The van der Waals surface area contributed by atoms with E-state index in [1.54, 1.807) is 12.1 Å². The number of halogens is 1. The summed E-state index contributed by atoms with van der Waals surface area (Å²) < 4.78 is 13.3. The molecule has 165 valence electrons. The number of carbonyl (C=O) groups excluding carboxylic acids is 1. The minimum atomic E-state index is -0.232. The third-order valence-electron chi connectivity index (χ3n) is 4.53. The number of nitrogens with zero attached hydrogens (tertiary/aromatic N) is 1. The van der Waals surface area contributed by atoms with Gasteiger partial charge >= 0.3 is 0 Å². The number of para-hydroxylation sites is 1. The van der Waals surface area contributed by atoms with Crippen LogP contribution in [-0.2, 0) is 24.9 Å². The number of rotatable bonds is 3. The molecule has 32 heavy (non-hydrogen) atoms. The minimum absolute atomic E-state index is 0. The topological polar surface area (TPSA) is 50.2 Å². The summed E-state index contributed by atoms with van der Waals surface area (Å²) in [5.41, 5.74) is 5.93. The smallest absolute Gasteiger partial charge is 0.155 e. The maximum Gasteiger partial charge on any atom is 0.155 e. The summed E-state index contributed by atoms with van der Waals surface area (Å²) >= 11 is 0. The van der Waals surface area contributed by atoms with Crippen molar-refractivity contribution in [2.45, 2.75) is 20.8 Å². The van der Waals surface area contributed by atoms with Crippen molar-refractivity contribution in [2.75, 3.05) is 0 Å². The molecule has 4 rings (SSSR count). The third-order valence-corrected chi connectivity index (χ3v) is 4.53. The van der Waals surface area contributed by atoms with Crippen LogP contribution in [0, 0.1) is 18.8 Å². The Morgan fingerprint density at radius 1 is 1.03 bits per heavy atom. The van der Waals surface area contributed by atoms with Gasteiger partial charge in [0.1, 0.15) is 5.82 Å². The van der Waals surface area contributed by atoms with Crippen LogP contribution in [0.15, 0.2) is 84.6 Å². The monoisotopic (exact) mass is 605 g/mol. The largest absolute Gasteiger partial charge is 0.512 e. The van der Waals surface area contributed by atoms with Gasteiger partial charge in [-0.3, -0.25) is 9.78 Å². The molecule has 0 saturated heterocycles. The number of aliphatic hydroxyl groups excluding tert-OH is 1. The molecule has 3 nitrogen and oxygen atoms in total. The summed E-state index contributed by atoms with van der Waals surface area (Å²) in [6.45, 7) is 4.89. The molecule has 0 amide bonds. The van der Waals surface area contributed by atoms with Crippen LogP contribution in [0.2, 0.25) is 0 Å². The zero-order valence-corrected chi connectivity index (χ0v) is 20.4. The number of carbonyl (C=O) groups is 1. The van der Waals surface area contributed by atoms with E-state index in [-0.39, 0.29) is 37.5 Å². The fourth-order valence-electron chi connectivity index (χ4n) is 3.14. The molecule has 1 radical (unpaired) electrons. The van der Waals surface area contributed by atoms with E-state index in [9.17, 15) is 9.18 Å². The number of hydrogen-bond donors (Lipinski definition) is 1. The fraction of sp³-hybridized carbons (Fsp3) is 0.111. The van der Waals surface area contributed by atoms with Crippen LogP contribution in [0.4, 0.5) is 4.39 Å². The summed E-state index contributed by atoms with van der Waals surface area (Å²) in [6.07, 6.45) is 1.17. The van der Waals surface area contributed by atoms with Crippen LogP contribution >= 0.6 is 0 Å². The Bertz CT molecular complexity index is 1230. The van der Waals surface area contributed by atoms with E-state index < -0.39 is 0 Å². The van der Waals surface area contributed by atoms with Crippen molar-refractivity contribution in [3.63, 3.8) is 0 Å². The summed E-state index contributed by atoms with van der Waals surface area (Å²) in [5.74, 6) is -0.295. The molecule has 0 unspecified atom stereocenters. The van der Waals surface area contributed by atoms with Gasteiger partial charge in [-0.1, -0.05) is 43.3 Å². The molecule has 0 saturated carbocycles. The summed E-state index contributed by atoms with van der Waals surface area (Å²) in [7, 11) is 0. The maximum atomic E-state index is 13.3. The van der Waals surface area contributed by atoms with Gasteiger partial charge in [0.15, 0.2) is 5.78 Å². The number of aromatic nitrogens is 1. The SMILES string of the molecule is CC(=O)/C=C(/C)O.Cc1c[c-]c(-c2cc(-c3ccc(F)cc3)c3ccccc3n2)cc1.[Ir]. The van der Waals surface area contributed by atoms with Gasteiger partial charge in [-0.2, -0.15) is 0 Å². The van der Waals surface area contributed by atoms with Gasteiger partial charge < -0.3 is 5.11 Å². The molecule has 3 aromatic carbocycles. The molecule has 1 N–H and O–H groups in total. The Balaban J connectivity index is 0.000000398. The number of aryl methyl sites for hydroxylation is 1. The molecule has 0 fully saturated rings. The summed E-state index contributed by atoms with van der Waals surface area (Å²) in [4.78, 5) is 14.8. The molecular weight excluding hydrogens is 582 g/mol. The number of pyridine rings is 1. The molecule has 0 bridgehead atoms. The molecule has 0 spiro atoms. The first-order valence-electron chi connectivity index (χ1n) is 9.86. The van der Waals surface area contributed by atoms with Crippen molar-refractivity contribution in [2.24, 2.45) is 0 Å². The van der Waals surface area contributed by atoms with Crippen molar-refractivity contribution in [3.8, 4) is 22.4 Å². The van der Waals surface area contributed by atoms with E-state index in [1.807, 2.05) is 43.3 Å². The second kappa shape index (κ2) is 11.5. The number of benzene rings is 3. The molecular formula is C27H23FIrNO2-. The molecule has 1 heterocycles. The summed E-state index contributed by atoms with van der Waals surface area (Å²) in [5, 5.41) is 9.42. The van der Waals surface area contributed by atoms with Crippen LogP contribution in [-0.4, -0.2) is 15.9 Å². The standard InChI is InChI=1S/C22H15FN.C5H8O2.Ir/c1-15-6-8-17(9-7-15)22-14-20(16-10-12-18(23)13-11-16)19-4-2-3-5-21(19)24-22;1-4(6)3-5(2)7;/h2-8,10-14H,1H3;3,6H,1-2H3;/q-1;;/b;4-3-;. The van der Waals surface area contributed by atoms with Crippen LogP contribution in [0.1, 0.15) is 19.4 Å². The van der Waals surface area contributed by atoms with Gasteiger partial charge in [-0.05, 0) is 48.9 Å². The second-order valence-corrected chi connectivity index (χ2v) is 7.26. The first-order chi connectivity index (χ1) is 14.8. The number of ketones is 1. The third kappa shape index (κ3) is 6.68. The second-order valence-electron chi connectivity index (χ2n) is 7.26. The first-order valence-corrected chi connectivity index (χ1v) is 9.86. The van der Waals surface area contributed by atoms with Gasteiger partial charge in [0, 0.05) is 31.6 Å². The summed E-state index contributed by atoms with van der Waals surface area (Å²) in [6, 6.07) is 26.0. The van der Waals surface area contributed by atoms with E-state index in [1.165, 1.54) is 37.6 Å². The van der Waals surface area contributed by atoms with Crippen LogP contribution in [0.3, 0.4) is 0 Å². The maximum absolute atomic E-state index is 13.3. The van der Waals surface area contributed by atoms with Crippen LogP contribution < -0.4 is 0 Å². The van der Waals surface area contributed by atoms with Crippen molar-refractivity contribution in [1.29, 1.82) is 0 Å². The average Bonchev–Trinajstić information content (AvgIpc) is 2.73. The van der Waals surface area contributed by atoms with E-state index in [2.05, 4.69) is 18.2 Å². The molecule has 0 aliphatic carbocycles. The van der Waals surface area contributed by atoms with E-state index in [4.69, 9.17) is 10.1 Å². The number of allylic oxidation sites excluding steroid dienone is 2. The Hall–Kier alpha value is -3.14. The molecule has 0 aliphatic rings. The zero-order chi connectivity index (χ0) is 22.4. The van der Waals surface area contributed by atoms with Crippen molar-refractivity contribution in [3.05, 3.63) is 102 Å². The van der Waals surface area contributed by atoms with Gasteiger partial charge in [0.25, 0.3) is 0 Å². The number of hydrogen-bond acceptors (Lipinski definition) is 3. The van der Waals surface area contributed by atoms with E-state index >= 15 is 0 Å². The quantitative estimate of drug-likeness (QED) is 0.158. The number of aliphatic hydroxyl groups is 1. The molecule has 1 aromatic heterocycles. The zero-order valence-electron chi connectivity index (χ0n) is 18.0. The Morgan fingerprint density at radius 3 is 2.28 bits per heavy atom. The number of fused-ring (bicyclic) bond motifs is 1. The predicted octanol–water partition coefficient (Wildman–Crippen LogP) is 6.85. The normalized spacial score (nSPS) is 10.7. The van der Waals surface area contributed by atoms with Gasteiger partial charge in [-0.25, -0.2) is 4.39 Å². The van der Waals surface area contributed by atoms with Crippen LogP contribution in [0.25, 0.3) is 33.3 Å². The Morgan fingerprint density at radius 2 is 1.72 bits per heavy atom. The van der Waals surface area contributed by atoms with Crippen LogP contribution in [0.5, 0.6) is 0 Å². The first kappa shape index (κ1) is 25.1. The Labute approximate surface area is 201 Å². The fourth-order valence-corrected chi connectivity index (χ4v) is 3.14. The van der Waals surface area contributed by atoms with Crippen molar-refractivity contribution >= 4 is 16.7 Å². The average molecular weight is 605 g/mol. The van der Waals surface area contributed by atoms with Crippen molar-refractivity contribution < 1.29 is 34.4 Å². The van der Waals surface area contributed by atoms with Gasteiger partial charge in [0.05, 0.1) is 11.3 Å². The molecule has 4 aromatic rings.